The van der Waals surface area contributed by atoms with Crippen molar-refractivity contribution in [3.05, 3.63) is 35.1 Å². The molecule has 0 saturated heterocycles. The van der Waals surface area contributed by atoms with Gasteiger partial charge in [-0.2, -0.15) is 0 Å². The second kappa shape index (κ2) is 5.73. The van der Waals surface area contributed by atoms with Crippen molar-refractivity contribution in [2.75, 3.05) is 6.54 Å². The maximum atomic E-state index is 13.8. The Labute approximate surface area is 93.0 Å². The monoisotopic (exact) mass is 221 g/mol. The molecule has 0 aliphatic heterocycles. The maximum Gasteiger partial charge on any atom is 0.173 e. The quantitative estimate of drug-likeness (QED) is 0.174. The molecule has 0 fully saturated rings. The Kier molecular flexibility index (Phi) is 4.30. The minimum atomic E-state index is -0.512. The van der Waals surface area contributed by atoms with E-state index >= 15 is 0 Å². The molecule has 0 saturated carbocycles. The molecule has 1 aromatic rings. The van der Waals surface area contributed by atoms with Crippen LogP contribution in [0.3, 0.4) is 0 Å². The first kappa shape index (κ1) is 12.0. The summed E-state index contributed by atoms with van der Waals surface area (Å²) in [5.74, 6) is 1.62. The average Bonchev–Trinajstić information content (AvgIpc) is 2.30. The number of oxime groups is 1. The molecule has 0 aliphatic carbocycles. The molecule has 1 aromatic carbocycles. The van der Waals surface area contributed by atoms with Crippen molar-refractivity contribution >= 4 is 5.84 Å². The van der Waals surface area contributed by atoms with Gasteiger partial charge in [0.2, 0.25) is 0 Å². The Morgan fingerprint density at radius 2 is 2.38 bits per heavy atom. The van der Waals surface area contributed by atoms with Crippen molar-refractivity contribution in [1.82, 2.24) is 5.32 Å². The molecule has 84 valence electrons. The van der Waals surface area contributed by atoms with E-state index in [0.29, 0.717) is 18.7 Å². The second-order valence-electron chi connectivity index (χ2n) is 3.07. The molecule has 0 spiro atoms. The SMILES string of the molecule is C#CCNCc1cccc(/C(N)=N\O)c1F. The van der Waals surface area contributed by atoms with Crippen LogP contribution in [-0.4, -0.2) is 17.6 Å². The van der Waals surface area contributed by atoms with Crippen LogP contribution in [0.1, 0.15) is 11.1 Å². The van der Waals surface area contributed by atoms with Crippen LogP contribution in [-0.2, 0) is 6.54 Å². The van der Waals surface area contributed by atoms with Gasteiger partial charge in [-0.3, -0.25) is 0 Å². The van der Waals surface area contributed by atoms with Crippen molar-refractivity contribution in [2.45, 2.75) is 6.54 Å². The van der Waals surface area contributed by atoms with Gasteiger partial charge in [-0.15, -0.1) is 6.42 Å². The van der Waals surface area contributed by atoms with Gasteiger partial charge in [0.25, 0.3) is 0 Å². The standard InChI is InChI=1S/C11H12FN3O/c1-2-6-14-7-8-4-3-5-9(10(8)12)11(13)15-16/h1,3-5,14,16H,6-7H2,(H2,13,15). The number of halogens is 1. The number of hydrogen-bond donors (Lipinski definition) is 3. The molecule has 0 aromatic heterocycles. The van der Waals surface area contributed by atoms with Gasteiger partial charge in [-0.05, 0) is 6.07 Å². The largest absolute Gasteiger partial charge is 0.409 e. The lowest BCUT2D eigenvalue weighted by Gasteiger charge is -2.07. The zero-order chi connectivity index (χ0) is 12.0. The van der Waals surface area contributed by atoms with E-state index in [4.69, 9.17) is 17.4 Å². The Morgan fingerprint density at radius 1 is 1.62 bits per heavy atom. The summed E-state index contributed by atoms with van der Waals surface area (Å²) in [5.41, 5.74) is 5.81. The van der Waals surface area contributed by atoms with Gasteiger partial charge in [0.1, 0.15) is 5.82 Å². The highest BCUT2D eigenvalue weighted by Crippen LogP contribution is 2.12. The molecule has 0 aliphatic rings. The number of rotatable bonds is 4. The van der Waals surface area contributed by atoms with Crippen LogP contribution in [0, 0.1) is 18.2 Å². The van der Waals surface area contributed by atoms with Gasteiger partial charge in [-0.1, -0.05) is 23.2 Å². The van der Waals surface area contributed by atoms with Crippen molar-refractivity contribution in [1.29, 1.82) is 0 Å². The molecular weight excluding hydrogens is 209 g/mol. The topological polar surface area (TPSA) is 70.6 Å². The third kappa shape index (κ3) is 2.72. The number of nitrogens with zero attached hydrogens (tertiary/aromatic N) is 1. The van der Waals surface area contributed by atoms with Gasteiger partial charge in [-0.25, -0.2) is 4.39 Å². The van der Waals surface area contributed by atoms with E-state index in [1.165, 1.54) is 6.07 Å². The van der Waals surface area contributed by atoms with Gasteiger partial charge >= 0.3 is 0 Å². The average molecular weight is 221 g/mol. The summed E-state index contributed by atoms with van der Waals surface area (Å²) in [6, 6.07) is 4.67. The third-order valence-corrected chi connectivity index (χ3v) is 2.00. The van der Waals surface area contributed by atoms with E-state index in [2.05, 4.69) is 16.4 Å². The lowest BCUT2D eigenvalue weighted by molar-refractivity contribution is 0.318. The van der Waals surface area contributed by atoms with Crippen molar-refractivity contribution in [3.8, 4) is 12.3 Å². The molecule has 0 bridgehead atoms. The summed E-state index contributed by atoms with van der Waals surface area (Å²) >= 11 is 0. The predicted molar refractivity (Wildman–Crippen MR) is 59.5 cm³/mol. The fourth-order valence-electron chi connectivity index (χ4n) is 1.24. The van der Waals surface area contributed by atoms with Crippen LogP contribution in [0.4, 0.5) is 4.39 Å². The molecule has 0 amide bonds. The number of terminal acetylenes is 1. The fraction of sp³-hybridized carbons (Fsp3) is 0.182. The smallest absolute Gasteiger partial charge is 0.173 e. The normalized spacial score (nSPS) is 11.1. The summed E-state index contributed by atoms with van der Waals surface area (Å²) in [6.07, 6.45) is 5.05. The summed E-state index contributed by atoms with van der Waals surface area (Å²) in [7, 11) is 0. The third-order valence-electron chi connectivity index (χ3n) is 2.00. The van der Waals surface area contributed by atoms with Gasteiger partial charge in [0, 0.05) is 12.1 Å². The molecule has 5 heteroatoms. The van der Waals surface area contributed by atoms with E-state index in [1.54, 1.807) is 12.1 Å². The van der Waals surface area contributed by atoms with Crippen LogP contribution >= 0.6 is 0 Å². The molecule has 0 heterocycles. The van der Waals surface area contributed by atoms with E-state index in [9.17, 15) is 4.39 Å². The van der Waals surface area contributed by atoms with Crippen molar-refractivity contribution < 1.29 is 9.60 Å². The van der Waals surface area contributed by atoms with Crippen LogP contribution in [0.5, 0.6) is 0 Å². The molecule has 1 rings (SSSR count). The summed E-state index contributed by atoms with van der Waals surface area (Å²) < 4.78 is 13.8. The first-order valence-corrected chi connectivity index (χ1v) is 4.60. The molecule has 4 nitrogen and oxygen atoms in total. The van der Waals surface area contributed by atoms with E-state index < -0.39 is 5.82 Å². The first-order valence-electron chi connectivity index (χ1n) is 4.60. The predicted octanol–water partition coefficient (Wildman–Crippen LogP) is 0.643. The lowest BCUT2D eigenvalue weighted by Crippen LogP contribution is -2.19. The highest BCUT2D eigenvalue weighted by Gasteiger charge is 2.10. The van der Waals surface area contributed by atoms with Crippen LogP contribution in [0.25, 0.3) is 0 Å². The van der Waals surface area contributed by atoms with Crippen LogP contribution < -0.4 is 11.1 Å². The highest BCUT2D eigenvalue weighted by atomic mass is 19.1. The molecule has 0 radical (unpaired) electrons. The fourth-order valence-corrected chi connectivity index (χ4v) is 1.24. The van der Waals surface area contributed by atoms with Gasteiger partial charge in [0.15, 0.2) is 5.84 Å². The number of hydrogen-bond acceptors (Lipinski definition) is 3. The Bertz CT molecular complexity index is 437. The molecular formula is C11H12FN3O. The highest BCUT2D eigenvalue weighted by molar-refractivity contribution is 5.97. The molecule has 4 N–H and O–H groups in total. The Morgan fingerprint density at radius 3 is 3.00 bits per heavy atom. The minimum Gasteiger partial charge on any atom is -0.409 e. The summed E-state index contributed by atoms with van der Waals surface area (Å²) in [6.45, 7) is 0.649. The Balaban J connectivity index is 2.92. The van der Waals surface area contributed by atoms with Crippen molar-refractivity contribution in [2.24, 2.45) is 10.9 Å². The number of amidine groups is 1. The number of benzene rings is 1. The van der Waals surface area contributed by atoms with E-state index in [1.807, 2.05) is 0 Å². The van der Waals surface area contributed by atoms with Crippen LogP contribution in [0.15, 0.2) is 23.4 Å². The molecule has 0 atom stereocenters. The number of nitrogens with one attached hydrogen (secondary N) is 1. The zero-order valence-corrected chi connectivity index (χ0v) is 8.57. The lowest BCUT2D eigenvalue weighted by atomic mass is 10.1. The minimum absolute atomic E-state index is 0.0718. The molecule has 0 unspecified atom stereocenters. The summed E-state index contributed by atoms with van der Waals surface area (Å²) in [5, 5.41) is 14.1. The Hall–Kier alpha value is -2.06. The van der Waals surface area contributed by atoms with E-state index in [-0.39, 0.29) is 11.4 Å². The van der Waals surface area contributed by atoms with Crippen LogP contribution in [0.2, 0.25) is 0 Å². The number of nitrogens with two attached hydrogens (primary N) is 1. The molecule has 16 heavy (non-hydrogen) atoms. The summed E-state index contributed by atoms with van der Waals surface area (Å²) in [4.78, 5) is 0. The zero-order valence-electron chi connectivity index (χ0n) is 8.57. The van der Waals surface area contributed by atoms with Crippen molar-refractivity contribution in [3.63, 3.8) is 0 Å². The first-order chi connectivity index (χ1) is 7.70. The van der Waals surface area contributed by atoms with Gasteiger partial charge < -0.3 is 16.3 Å². The maximum absolute atomic E-state index is 13.8. The van der Waals surface area contributed by atoms with Gasteiger partial charge in [0.05, 0.1) is 12.1 Å². The van der Waals surface area contributed by atoms with E-state index in [0.717, 1.165) is 0 Å². The second-order valence-corrected chi connectivity index (χ2v) is 3.07.